The zero-order valence-electron chi connectivity index (χ0n) is 21.0. The van der Waals surface area contributed by atoms with Crippen LogP contribution in [0.25, 0.3) is 21.8 Å². The first-order valence-electron chi connectivity index (χ1n) is 13.0. The second kappa shape index (κ2) is 9.93. The van der Waals surface area contributed by atoms with Crippen molar-refractivity contribution in [3.8, 4) is 0 Å². The zero-order chi connectivity index (χ0) is 23.5. The number of fused-ring (bicyclic) bond motifs is 3. The molecule has 0 amide bonds. The molecule has 1 aliphatic rings. The Hall–Kier alpha value is -2.62. The third-order valence-corrected chi connectivity index (χ3v) is 7.58. The van der Waals surface area contributed by atoms with Gasteiger partial charge in [-0.15, -0.1) is 0 Å². The molecular weight excluding hydrogens is 416 g/mol. The Morgan fingerprint density at radius 3 is 2.35 bits per heavy atom. The van der Waals surface area contributed by atoms with Crippen molar-refractivity contribution in [1.82, 2.24) is 9.47 Å². The molecule has 0 aliphatic carbocycles. The molecule has 3 nitrogen and oxygen atoms in total. The molecule has 1 aliphatic heterocycles. The molecule has 34 heavy (non-hydrogen) atoms. The predicted molar refractivity (Wildman–Crippen MR) is 144 cm³/mol. The van der Waals surface area contributed by atoms with Gasteiger partial charge in [0.25, 0.3) is 0 Å². The van der Waals surface area contributed by atoms with E-state index in [4.69, 9.17) is 4.74 Å². The SMILES string of the molecule is CCCCn1c2ccccc2c2ccc(Cc3ccccc3)c(CC(C)(C)N3CCOCC3)c21. The van der Waals surface area contributed by atoms with E-state index in [1.807, 2.05) is 0 Å². The van der Waals surface area contributed by atoms with Gasteiger partial charge in [0.05, 0.1) is 18.7 Å². The number of unbranched alkanes of at least 4 members (excludes halogenated alkanes) is 1. The molecule has 0 bridgehead atoms. The smallest absolute Gasteiger partial charge is 0.0594 e. The van der Waals surface area contributed by atoms with Crippen LogP contribution in [0.2, 0.25) is 0 Å². The molecule has 0 saturated carbocycles. The molecule has 4 aromatic rings. The molecule has 1 saturated heterocycles. The lowest BCUT2D eigenvalue weighted by atomic mass is 9.86. The maximum Gasteiger partial charge on any atom is 0.0594 e. The highest BCUT2D eigenvalue weighted by molar-refractivity contribution is 6.09. The van der Waals surface area contributed by atoms with E-state index >= 15 is 0 Å². The minimum atomic E-state index is 0.0650. The van der Waals surface area contributed by atoms with Crippen molar-refractivity contribution in [2.75, 3.05) is 26.3 Å². The molecule has 0 unspecified atom stereocenters. The maximum absolute atomic E-state index is 5.68. The van der Waals surface area contributed by atoms with Crippen molar-refractivity contribution in [2.45, 2.75) is 58.5 Å². The van der Waals surface area contributed by atoms with E-state index in [2.05, 4.69) is 97.0 Å². The number of morpholine rings is 1. The summed E-state index contributed by atoms with van der Waals surface area (Å²) in [6.07, 6.45) is 4.41. The van der Waals surface area contributed by atoms with Gasteiger partial charge in [0.1, 0.15) is 0 Å². The van der Waals surface area contributed by atoms with E-state index < -0.39 is 0 Å². The largest absolute Gasteiger partial charge is 0.379 e. The monoisotopic (exact) mass is 454 g/mol. The number of benzene rings is 3. The van der Waals surface area contributed by atoms with Gasteiger partial charge in [0.15, 0.2) is 0 Å². The molecule has 0 radical (unpaired) electrons. The summed E-state index contributed by atoms with van der Waals surface area (Å²) in [5, 5.41) is 2.78. The zero-order valence-corrected chi connectivity index (χ0v) is 21.0. The summed E-state index contributed by atoms with van der Waals surface area (Å²) < 4.78 is 8.29. The van der Waals surface area contributed by atoms with Gasteiger partial charge in [-0.1, -0.05) is 74.0 Å². The number of nitrogens with zero attached hydrogens (tertiary/aromatic N) is 2. The third-order valence-electron chi connectivity index (χ3n) is 7.58. The molecular formula is C31H38N2O. The van der Waals surface area contributed by atoms with Crippen LogP contribution in [0.1, 0.15) is 50.3 Å². The lowest BCUT2D eigenvalue weighted by molar-refractivity contribution is -0.00981. The number of aromatic nitrogens is 1. The van der Waals surface area contributed by atoms with Gasteiger partial charge < -0.3 is 9.30 Å². The van der Waals surface area contributed by atoms with E-state index in [1.54, 1.807) is 0 Å². The van der Waals surface area contributed by atoms with Crippen molar-refractivity contribution in [2.24, 2.45) is 0 Å². The Labute approximate surface area is 204 Å². The van der Waals surface area contributed by atoms with Crippen molar-refractivity contribution < 1.29 is 4.74 Å². The fourth-order valence-electron chi connectivity index (χ4n) is 5.70. The lowest BCUT2D eigenvalue weighted by Crippen LogP contribution is -2.51. The second-order valence-corrected chi connectivity index (χ2v) is 10.4. The van der Waals surface area contributed by atoms with Gasteiger partial charge in [-0.2, -0.15) is 0 Å². The number of ether oxygens (including phenoxy) is 1. The van der Waals surface area contributed by atoms with E-state index in [1.165, 1.54) is 51.3 Å². The Morgan fingerprint density at radius 2 is 1.59 bits per heavy atom. The second-order valence-electron chi connectivity index (χ2n) is 10.4. The fraction of sp³-hybridized carbons (Fsp3) is 0.419. The Balaban J connectivity index is 1.70. The first-order chi connectivity index (χ1) is 16.6. The number of para-hydroxylation sites is 1. The topological polar surface area (TPSA) is 17.4 Å². The first-order valence-corrected chi connectivity index (χ1v) is 13.0. The van der Waals surface area contributed by atoms with Crippen LogP contribution >= 0.6 is 0 Å². The standard InChI is InChI=1S/C31H38N2O/c1-4-5-17-33-29-14-10-9-13-26(29)27-16-15-25(22-24-11-7-6-8-12-24)28(30(27)33)23-31(2,3)32-18-20-34-21-19-32/h6-16H,4-5,17-23H2,1-3H3. The average molecular weight is 455 g/mol. The maximum atomic E-state index is 5.68. The van der Waals surface area contributed by atoms with E-state index in [9.17, 15) is 0 Å². The van der Waals surface area contributed by atoms with Gasteiger partial charge >= 0.3 is 0 Å². The summed E-state index contributed by atoms with van der Waals surface area (Å²) in [4.78, 5) is 2.63. The summed E-state index contributed by atoms with van der Waals surface area (Å²) in [6, 6.07) is 24.7. The van der Waals surface area contributed by atoms with Crippen LogP contribution in [0, 0.1) is 0 Å². The highest BCUT2D eigenvalue weighted by Crippen LogP contribution is 2.36. The fourth-order valence-corrected chi connectivity index (χ4v) is 5.70. The quantitative estimate of drug-likeness (QED) is 0.290. The van der Waals surface area contributed by atoms with E-state index in [-0.39, 0.29) is 5.54 Å². The predicted octanol–water partition coefficient (Wildman–Crippen LogP) is 6.84. The van der Waals surface area contributed by atoms with E-state index in [0.29, 0.717) is 0 Å². The van der Waals surface area contributed by atoms with Crippen LogP contribution < -0.4 is 0 Å². The Kier molecular flexibility index (Phi) is 6.76. The van der Waals surface area contributed by atoms with Crippen molar-refractivity contribution in [3.63, 3.8) is 0 Å². The number of hydrogen-bond donors (Lipinski definition) is 0. The number of rotatable bonds is 8. The highest BCUT2D eigenvalue weighted by atomic mass is 16.5. The minimum absolute atomic E-state index is 0.0650. The minimum Gasteiger partial charge on any atom is -0.379 e. The van der Waals surface area contributed by atoms with Crippen molar-refractivity contribution in [3.05, 3.63) is 83.4 Å². The third kappa shape index (κ3) is 4.52. The summed E-state index contributed by atoms with van der Waals surface area (Å²) in [5.74, 6) is 0. The van der Waals surface area contributed by atoms with Crippen molar-refractivity contribution in [1.29, 1.82) is 0 Å². The molecule has 2 heterocycles. The molecule has 0 N–H and O–H groups in total. The average Bonchev–Trinajstić information content (AvgIpc) is 3.19. The molecule has 3 heteroatoms. The molecule has 1 aromatic heterocycles. The Morgan fingerprint density at radius 1 is 0.853 bits per heavy atom. The van der Waals surface area contributed by atoms with Crippen LogP contribution in [-0.4, -0.2) is 41.3 Å². The highest BCUT2D eigenvalue weighted by Gasteiger charge is 2.31. The number of aryl methyl sites for hydroxylation is 1. The van der Waals surface area contributed by atoms with Crippen LogP contribution in [-0.2, 0) is 24.1 Å². The normalized spacial score (nSPS) is 15.4. The molecule has 0 atom stereocenters. The summed E-state index contributed by atoms with van der Waals surface area (Å²) in [6.45, 7) is 11.9. The summed E-state index contributed by atoms with van der Waals surface area (Å²) in [7, 11) is 0. The molecule has 3 aromatic carbocycles. The Bertz CT molecular complexity index is 1250. The number of hydrogen-bond acceptors (Lipinski definition) is 2. The summed E-state index contributed by atoms with van der Waals surface area (Å²) >= 11 is 0. The lowest BCUT2D eigenvalue weighted by Gasteiger charge is -2.41. The van der Waals surface area contributed by atoms with Gasteiger partial charge in [0.2, 0.25) is 0 Å². The molecule has 5 rings (SSSR count). The van der Waals surface area contributed by atoms with Crippen LogP contribution in [0.4, 0.5) is 0 Å². The van der Waals surface area contributed by atoms with Gasteiger partial charge in [-0.3, -0.25) is 4.90 Å². The van der Waals surface area contributed by atoms with Gasteiger partial charge in [0, 0.05) is 41.5 Å². The molecule has 178 valence electrons. The van der Waals surface area contributed by atoms with Crippen LogP contribution in [0.5, 0.6) is 0 Å². The first kappa shape index (κ1) is 23.1. The summed E-state index contributed by atoms with van der Waals surface area (Å²) in [5.41, 5.74) is 7.24. The van der Waals surface area contributed by atoms with Crippen molar-refractivity contribution >= 4 is 21.8 Å². The molecule has 1 fully saturated rings. The van der Waals surface area contributed by atoms with Crippen LogP contribution in [0.3, 0.4) is 0 Å². The van der Waals surface area contributed by atoms with E-state index in [0.717, 1.165) is 45.7 Å². The van der Waals surface area contributed by atoms with Gasteiger partial charge in [-0.05, 0) is 55.9 Å². The van der Waals surface area contributed by atoms with Gasteiger partial charge in [-0.25, -0.2) is 0 Å². The molecule has 0 spiro atoms. The van der Waals surface area contributed by atoms with Crippen LogP contribution in [0.15, 0.2) is 66.7 Å².